The molecule has 0 aromatic rings. The Morgan fingerprint density at radius 2 is 1.95 bits per heavy atom. The van der Waals surface area contributed by atoms with Crippen molar-refractivity contribution in [1.29, 1.82) is 0 Å². The van der Waals surface area contributed by atoms with Gasteiger partial charge in [-0.15, -0.1) is 12.4 Å². The number of carbonyl (C=O) groups excluding carboxylic acids is 2. The van der Waals surface area contributed by atoms with E-state index >= 15 is 0 Å². The van der Waals surface area contributed by atoms with Crippen LogP contribution in [0.3, 0.4) is 0 Å². The number of likely N-dealkylation sites (tertiary alicyclic amines) is 1. The SMILES string of the molecule is CC(C)NC(=O)NC(=O)C(C)N1CCC(C)(CN)C1.Cl. The van der Waals surface area contributed by atoms with Gasteiger partial charge in [0.2, 0.25) is 5.91 Å². The van der Waals surface area contributed by atoms with E-state index in [0.29, 0.717) is 6.54 Å². The second kappa shape index (κ2) is 7.81. The Morgan fingerprint density at radius 1 is 1.35 bits per heavy atom. The third-order valence-electron chi connectivity index (χ3n) is 3.66. The normalized spacial score (nSPS) is 24.1. The highest BCUT2D eigenvalue weighted by atomic mass is 35.5. The van der Waals surface area contributed by atoms with Crippen molar-refractivity contribution in [2.45, 2.75) is 46.2 Å². The zero-order valence-electron chi connectivity index (χ0n) is 12.7. The van der Waals surface area contributed by atoms with Gasteiger partial charge < -0.3 is 11.1 Å². The van der Waals surface area contributed by atoms with Crippen LogP contribution in [0.1, 0.15) is 34.1 Å². The Labute approximate surface area is 127 Å². The summed E-state index contributed by atoms with van der Waals surface area (Å²) in [6.45, 7) is 9.90. The summed E-state index contributed by atoms with van der Waals surface area (Å²) in [4.78, 5) is 25.5. The second-order valence-electron chi connectivity index (χ2n) is 6.03. The molecular weight excluding hydrogens is 280 g/mol. The highest BCUT2D eigenvalue weighted by Crippen LogP contribution is 2.29. The zero-order valence-corrected chi connectivity index (χ0v) is 13.5. The van der Waals surface area contributed by atoms with E-state index in [0.717, 1.165) is 19.5 Å². The number of carbonyl (C=O) groups is 2. The van der Waals surface area contributed by atoms with Gasteiger partial charge in [-0.25, -0.2) is 4.79 Å². The van der Waals surface area contributed by atoms with E-state index < -0.39 is 6.03 Å². The molecule has 1 heterocycles. The van der Waals surface area contributed by atoms with E-state index in [9.17, 15) is 9.59 Å². The summed E-state index contributed by atoms with van der Waals surface area (Å²) in [7, 11) is 0. The van der Waals surface area contributed by atoms with E-state index in [1.807, 2.05) is 20.8 Å². The number of hydrogen-bond donors (Lipinski definition) is 3. The first-order chi connectivity index (χ1) is 8.77. The molecule has 1 aliphatic heterocycles. The molecule has 1 fully saturated rings. The standard InChI is InChI=1S/C13H26N4O2.ClH/c1-9(2)15-12(19)16-11(18)10(3)17-6-5-13(4,7-14)8-17;/h9-10H,5-8,14H2,1-4H3,(H2,15,16,18,19);1H. The minimum Gasteiger partial charge on any atom is -0.336 e. The summed E-state index contributed by atoms with van der Waals surface area (Å²) in [6.07, 6.45) is 0.985. The van der Waals surface area contributed by atoms with E-state index in [1.54, 1.807) is 0 Å². The number of nitrogens with two attached hydrogens (primary N) is 1. The average molecular weight is 307 g/mol. The van der Waals surface area contributed by atoms with Gasteiger partial charge in [0.1, 0.15) is 0 Å². The maximum Gasteiger partial charge on any atom is 0.321 e. The molecule has 0 saturated carbocycles. The van der Waals surface area contributed by atoms with E-state index in [4.69, 9.17) is 5.73 Å². The van der Waals surface area contributed by atoms with Crippen molar-refractivity contribution in [3.63, 3.8) is 0 Å². The number of halogens is 1. The predicted octanol–water partition coefficient (Wildman–Crippen LogP) is 0.702. The van der Waals surface area contributed by atoms with Gasteiger partial charge >= 0.3 is 6.03 Å². The average Bonchev–Trinajstić information content (AvgIpc) is 2.70. The van der Waals surface area contributed by atoms with Crippen LogP contribution in [0.25, 0.3) is 0 Å². The lowest BCUT2D eigenvalue weighted by atomic mass is 9.90. The van der Waals surface area contributed by atoms with Crippen LogP contribution in [0.5, 0.6) is 0 Å². The molecule has 1 saturated heterocycles. The number of urea groups is 1. The molecule has 2 atom stereocenters. The molecule has 20 heavy (non-hydrogen) atoms. The number of hydrogen-bond acceptors (Lipinski definition) is 4. The van der Waals surface area contributed by atoms with Crippen molar-refractivity contribution in [2.75, 3.05) is 19.6 Å². The number of nitrogens with one attached hydrogen (secondary N) is 2. The van der Waals surface area contributed by atoms with Crippen LogP contribution >= 0.6 is 12.4 Å². The molecule has 0 aromatic heterocycles. The van der Waals surface area contributed by atoms with Crippen molar-refractivity contribution in [2.24, 2.45) is 11.1 Å². The van der Waals surface area contributed by atoms with Gasteiger partial charge in [0.05, 0.1) is 6.04 Å². The van der Waals surface area contributed by atoms with E-state index in [-0.39, 0.29) is 35.8 Å². The number of amides is 3. The molecule has 0 spiro atoms. The molecular formula is C13H27ClN4O2. The third kappa shape index (κ3) is 5.26. The largest absolute Gasteiger partial charge is 0.336 e. The molecule has 4 N–H and O–H groups in total. The summed E-state index contributed by atoms with van der Waals surface area (Å²) in [5.74, 6) is -0.264. The predicted molar refractivity (Wildman–Crippen MR) is 81.9 cm³/mol. The number of nitrogens with zero attached hydrogens (tertiary/aromatic N) is 1. The topological polar surface area (TPSA) is 87.5 Å². The van der Waals surface area contributed by atoms with Crippen molar-refractivity contribution in [1.82, 2.24) is 15.5 Å². The van der Waals surface area contributed by atoms with Crippen molar-refractivity contribution in [3.8, 4) is 0 Å². The quantitative estimate of drug-likeness (QED) is 0.713. The van der Waals surface area contributed by atoms with Crippen LogP contribution in [-0.4, -0.2) is 48.6 Å². The van der Waals surface area contributed by atoms with Crippen LogP contribution in [0, 0.1) is 5.41 Å². The minimum atomic E-state index is -0.437. The van der Waals surface area contributed by atoms with Gasteiger partial charge in [-0.3, -0.25) is 15.0 Å². The number of imide groups is 1. The van der Waals surface area contributed by atoms with Crippen LogP contribution < -0.4 is 16.4 Å². The van der Waals surface area contributed by atoms with Gasteiger partial charge in [0.25, 0.3) is 0 Å². The molecule has 0 radical (unpaired) electrons. The zero-order chi connectivity index (χ0) is 14.6. The van der Waals surface area contributed by atoms with Gasteiger partial charge in [0, 0.05) is 12.6 Å². The lowest BCUT2D eigenvalue weighted by molar-refractivity contribution is -0.124. The maximum atomic E-state index is 12.0. The van der Waals surface area contributed by atoms with Crippen LogP contribution in [-0.2, 0) is 4.79 Å². The van der Waals surface area contributed by atoms with Gasteiger partial charge in [0.15, 0.2) is 0 Å². The smallest absolute Gasteiger partial charge is 0.321 e. The Bertz CT molecular complexity index is 351. The first-order valence-electron chi connectivity index (χ1n) is 6.83. The summed E-state index contributed by atoms with van der Waals surface area (Å²) in [6, 6.07) is -0.741. The first kappa shape index (κ1) is 19.1. The molecule has 7 heteroatoms. The Balaban J connectivity index is 0.00000361. The molecule has 0 aliphatic carbocycles. The molecule has 1 rings (SSSR count). The lowest BCUT2D eigenvalue weighted by Crippen LogP contribution is -2.50. The van der Waals surface area contributed by atoms with Crippen LogP contribution in [0.4, 0.5) is 4.79 Å². The molecule has 1 aliphatic rings. The third-order valence-corrected chi connectivity index (χ3v) is 3.66. The van der Waals surface area contributed by atoms with Crippen molar-refractivity contribution >= 4 is 24.3 Å². The summed E-state index contributed by atoms with van der Waals surface area (Å²) < 4.78 is 0. The Hall–Kier alpha value is -0.850. The van der Waals surface area contributed by atoms with Crippen molar-refractivity contribution in [3.05, 3.63) is 0 Å². The maximum absolute atomic E-state index is 12.0. The molecule has 0 bridgehead atoms. The highest BCUT2D eigenvalue weighted by molar-refractivity contribution is 5.96. The van der Waals surface area contributed by atoms with Crippen LogP contribution in [0.2, 0.25) is 0 Å². The second-order valence-corrected chi connectivity index (χ2v) is 6.03. The fraction of sp³-hybridized carbons (Fsp3) is 0.846. The fourth-order valence-corrected chi connectivity index (χ4v) is 2.24. The molecule has 2 unspecified atom stereocenters. The van der Waals surface area contributed by atoms with E-state index in [2.05, 4.69) is 22.5 Å². The fourth-order valence-electron chi connectivity index (χ4n) is 2.24. The monoisotopic (exact) mass is 306 g/mol. The lowest BCUT2D eigenvalue weighted by Gasteiger charge is -2.26. The van der Waals surface area contributed by atoms with Crippen molar-refractivity contribution < 1.29 is 9.59 Å². The number of rotatable bonds is 4. The summed E-state index contributed by atoms with van der Waals surface area (Å²) in [5, 5.41) is 5.01. The Kier molecular flexibility index (Phi) is 7.47. The minimum absolute atomic E-state index is 0. The molecule has 6 nitrogen and oxygen atoms in total. The van der Waals surface area contributed by atoms with Gasteiger partial charge in [-0.2, -0.15) is 0 Å². The van der Waals surface area contributed by atoms with Gasteiger partial charge in [-0.1, -0.05) is 6.92 Å². The van der Waals surface area contributed by atoms with Gasteiger partial charge in [-0.05, 0) is 45.7 Å². The van der Waals surface area contributed by atoms with E-state index in [1.165, 1.54) is 0 Å². The molecule has 3 amide bonds. The molecule has 0 aromatic carbocycles. The molecule has 118 valence electrons. The Morgan fingerprint density at radius 3 is 2.40 bits per heavy atom. The summed E-state index contributed by atoms with van der Waals surface area (Å²) in [5.41, 5.74) is 5.83. The summed E-state index contributed by atoms with van der Waals surface area (Å²) >= 11 is 0. The highest BCUT2D eigenvalue weighted by Gasteiger charge is 2.36. The first-order valence-corrected chi connectivity index (χ1v) is 6.83. The van der Waals surface area contributed by atoms with Crippen LogP contribution in [0.15, 0.2) is 0 Å².